The Bertz CT molecular complexity index is 892. The highest BCUT2D eigenvalue weighted by molar-refractivity contribution is 5.65. The van der Waals surface area contributed by atoms with Crippen LogP contribution in [0.5, 0.6) is 0 Å². The number of hydrogen-bond acceptors (Lipinski definition) is 1. The van der Waals surface area contributed by atoms with Gasteiger partial charge in [0.2, 0.25) is 0 Å². The molecule has 0 saturated heterocycles. The van der Waals surface area contributed by atoms with Crippen molar-refractivity contribution in [3.63, 3.8) is 0 Å². The van der Waals surface area contributed by atoms with Crippen LogP contribution < -0.4 is 0 Å². The van der Waals surface area contributed by atoms with Gasteiger partial charge in [0.1, 0.15) is 0 Å². The van der Waals surface area contributed by atoms with Gasteiger partial charge in [0, 0.05) is 11.8 Å². The highest BCUT2D eigenvalue weighted by Gasteiger charge is 2.47. The van der Waals surface area contributed by atoms with Crippen molar-refractivity contribution in [1.29, 1.82) is 0 Å². The van der Waals surface area contributed by atoms with Crippen LogP contribution in [0, 0.1) is 0 Å². The molecule has 0 N–H and O–H groups in total. The molecule has 26 heavy (non-hydrogen) atoms. The molecule has 0 amide bonds. The van der Waals surface area contributed by atoms with Gasteiger partial charge in [-0.25, -0.2) is 0 Å². The molecule has 0 spiro atoms. The first kappa shape index (κ1) is 15.4. The Morgan fingerprint density at radius 1 is 0.769 bits per heavy atom. The van der Waals surface area contributed by atoms with E-state index in [9.17, 15) is 0 Å². The van der Waals surface area contributed by atoms with Crippen LogP contribution in [-0.2, 0) is 10.8 Å². The van der Waals surface area contributed by atoms with E-state index in [1.165, 1.54) is 62.6 Å². The van der Waals surface area contributed by atoms with Gasteiger partial charge in [0.25, 0.3) is 0 Å². The van der Waals surface area contributed by atoms with E-state index < -0.39 is 0 Å². The van der Waals surface area contributed by atoms with Gasteiger partial charge in [-0.05, 0) is 108 Å². The first-order chi connectivity index (χ1) is 12.6. The van der Waals surface area contributed by atoms with Crippen LogP contribution in [0.3, 0.4) is 0 Å². The van der Waals surface area contributed by atoms with E-state index in [-0.39, 0.29) is 0 Å². The molecule has 134 valence electrons. The van der Waals surface area contributed by atoms with E-state index in [0.29, 0.717) is 10.8 Å². The van der Waals surface area contributed by atoms with Gasteiger partial charge in [-0.2, -0.15) is 0 Å². The largest absolute Gasteiger partial charge is 0.256 e. The Kier molecular flexibility index (Phi) is 2.97. The molecule has 1 heteroatoms. The zero-order chi connectivity index (χ0) is 17.5. The monoisotopic (exact) mass is 343 g/mol. The van der Waals surface area contributed by atoms with Crippen LogP contribution in [0.4, 0.5) is 0 Å². The second kappa shape index (κ2) is 5.00. The molecule has 1 aromatic carbocycles. The van der Waals surface area contributed by atoms with Crippen molar-refractivity contribution in [2.24, 2.45) is 0 Å². The summed E-state index contributed by atoms with van der Waals surface area (Å²) in [4.78, 5) is 4.93. The van der Waals surface area contributed by atoms with Gasteiger partial charge in [0.15, 0.2) is 0 Å². The molecular weight excluding hydrogens is 314 g/mol. The third kappa shape index (κ3) is 1.95. The van der Waals surface area contributed by atoms with E-state index in [4.69, 9.17) is 4.98 Å². The van der Waals surface area contributed by atoms with Crippen LogP contribution >= 0.6 is 0 Å². The first-order valence-corrected chi connectivity index (χ1v) is 10.7. The number of rotatable bonds is 1. The summed E-state index contributed by atoms with van der Waals surface area (Å²) in [5.74, 6) is 1.58. The summed E-state index contributed by atoms with van der Waals surface area (Å²) >= 11 is 0. The molecular formula is C25H29N. The molecule has 6 aliphatic carbocycles. The molecule has 4 bridgehead atoms. The van der Waals surface area contributed by atoms with Crippen molar-refractivity contribution in [2.45, 2.75) is 87.9 Å². The summed E-state index contributed by atoms with van der Waals surface area (Å²) in [5.41, 5.74) is 9.77. The maximum Gasteiger partial charge on any atom is 0.0705 e. The second-order valence-electron chi connectivity index (χ2n) is 10.1. The summed E-state index contributed by atoms with van der Waals surface area (Å²) in [6, 6.07) is 9.73. The summed E-state index contributed by atoms with van der Waals surface area (Å²) in [5, 5.41) is 0. The average Bonchev–Trinajstić information content (AvgIpc) is 2.70. The highest BCUT2D eigenvalue weighted by atomic mass is 14.7. The Balaban J connectivity index is 1.47. The van der Waals surface area contributed by atoms with Crippen molar-refractivity contribution in [1.82, 2.24) is 4.98 Å². The van der Waals surface area contributed by atoms with Crippen LogP contribution in [0.1, 0.15) is 99.3 Å². The molecule has 0 unspecified atom stereocenters. The Labute approximate surface area is 157 Å². The topological polar surface area (TPSA) is 12.9 Å². The lowest BCUT2D eigenvalue weighted by Crippen LogP contribution is -2.44. The van der Waals surface area contributed by atoms with Crippen molar-refractivity contribution in [2.75, 3.05) is 0 Å². The minimum Gasteiger partial charge on any atom is -0.256 e. The normalized spacial score (nSPS) is 36.7. The fourth-order valence-electron chi connectivity index (χ4n) is 6.67. The van der Waals surface area contributed by atoms with Gasteiger partial charge in [-0.3, -0.25) is 4.98 Å². The number of nitrogens with zero attached hydrogens (tertiary/aromatic N) is 1. The highest BCUT2D eigenvalue weighted by Crippen LogP contribution is 2.57. The predicted octanol–water partition coefficient (Wildman–Crippen LogP) is 6.61. The molecule has 1 heterocycles. The number of fused-ring (bicyclic) bond motifs is 4. The van der Waals surface area contributed by atoms with Crippen LogP contribution in [0.2, 0.25) is 0 Å². The lowest BCUT2D eigenvalue weighted by atomic mass is 9.52. The van der Waals surface area contributed by atoms with E-state index in [1.807, 2.05) is 0 Å². The van der Waals surface area contributed by atoms with E-state index in [1.54, 1.807) is 22.3 Å². The quantitative estimate of drug-likeness (QED) is 0.568. The summed E-state index contributed by atoms with van der Waals surface area (Å²) in [7, 11) is 0. The minimum atomic E-state index is 0.385. The standard InChI is InChI=1S/C25H29N/c1-24-9-11-25(2,12-10-24)22-13-18(7-8-21(22)24)23-14-19-16-3-5-17(6-4-16)20(19)15-26-23/h7-8,13-17H,3-6,9-12H2,1-2H3. The van der Waals surface area contributed by atoms with Crippen molar-refractivity contribution in [3.05, 3.63) is 52.7 Å². The summed E-state index contributed by atoms with van der Waals surface area (Å²) < 4.78 is 0. The minimum absolute atomic E-state index is 0.385. The van der Waals surface area contributed by atoms with E-state index >= 15 is 0 Å². The molecule has 1 nitrogen and oxygen atoms in total. The number of aromatic nitrogens is 1. The molecule has 0 atom stereocenters. The van der Waals surface area contributed by atoms with Gasteiger partial charge in [-0.1, -0.05) is 26.0 Å². The van der Waals surface area contributed by atoms with Crippen molar-refractivity contribution < 1.29 is 0 Å². The second-order valence-corrected chi connectivity index (χ2v) is 10.1. The molecule has 2 aromatic rings. The molecule has 2 saturated carbocycles. The fraction of sp³-hybridized carbons (Fsp3) is 0.560. The van der Waals surface area contributed by atoms with Crippen LogP contribution in [-0.4, -0.2) is 4.98 Å². The van der Waals surface area contributed by atoms with E-state index in [0.717, 1.165) is 11.8 Å². The van der Waals surface area contributed by atoms with Gasteiger partial charge >= 0.3 is 0 Å². The Hall–Kier alpha value is -1.63. The van der Waals surface area contributed by atoms with Crippen LogP contribution in [0.25, 0.3) is 11.3 Å². The number of pyridine rings is 1. The molecule has 1 aromatic heterocycles. The molecule has 0 radical (unpaired) electrons. The van der Waals surface area contributed by atoms with Crippen LogP contribution in [0.15, 0.2) is 30.5 Å². The molecule has 6 aliphatic rings. The fourth-order valence-corrected chi connectivity index (χ4v) is 6.67. The lowest BCUT2D eigenvalue weighted by Gasteiger charge is -2.52. The van der Waals surface area contributed by atoms with Gasteiger partial charge in [-0.15, -0.1) is 0 Å². The van der Waals surface area contributed by atoms with E-state index in [2.05, 4.69) is 44.3 Å². The maximum absolute atomic E-state index is 4.93. The molecule has 0 aliphatic heterocycles. The molecule has 2 fully saturated rings. The predicted molar refractivity (Wildman–Crippen MR) is 107 cm³/mol. The zero-order valence-corrected chi connectivity index (χ0v) is 16.1. The third-order valence-corrected chi connectivity index (χ3v) is 8.65. The maximum atomic E-state index is 4.93. The zero-order valence-electron chi connectivity index (χ0n) is 16.1. The Morgan fingerprint density at radius 3 is 2.08 bits per heavy atom. The molecule has 8 rings (SSSR count). The Morgan fingerprint density at radius 2 is 1.38 bits per heavy atom. The van der Waals surface area contributed by atoms with Crippen molar-refractivity contribution in [3.8, 4) is 11.3 Å². The summed E-state index contributed by atoms with van der Waals surface area (Å²) in [6.45, 7) is 4.98. The number of hydrogen-bond donors (Lipinski definition) is 0. The van der Waals surface area contributed by atoms with Crippen molar-refractivity contribution >= 4 is 0 Å². The smallest absolute Gasteiger partial charge is 0.0705 e. The summed E-state index contributed by atoms with van der Waals surface area (Å²) in [6.07, 6.45) is 13.2. The average molecular weight is 344 g/mol. The SMILES string of the molecule is CC12CCC(C)(CC1)c1cc(-c3cc4c(cn3)C3CCC4CC3)ccc12. The first-order valence-electron chi connectivity index (χ1n) is 10.7. The lowest BCUT2D eigenvalue weighted by molar-refractivity contribution is 0.188. The third-order valence-electron chi connectivity index (χ3n) is 8.65. The van der Waals surface area contributed by atoms with Gasteiger partial charge in [0.05, 0.1) is 5.69 Å². The number of benzene rings is 1. The van der Waals surface area contributed by atoms with Gasteiger partial charge < -0.3 is 0 Å².